The second-order valence-electron chi connectivity index (χ2n) is 7.02. The highest BCUT2D eigenvalue weighted by atomic mass is 35.5. The zero-order valence-corrected chi connectivity index (χ0v) is 18.2. The fourth-order valence-corrected chi connectivity index (χ4v) is 3.49. The first-order valence-corrected chi connectivity index (χ1v) is 10.4. The normalized spacial score (nSPS) is 10.9. The third-order valence-corrected chi connectivity index (χ3v) is 5.31. The standard InChI is InChI=1S/C26H21ClN2O3/c1-31-25-15-18(13-14-24(25)32-17-20-8-3-5-12-23(20)27)16-28-29-26(30)22-11-6-9-19-7-2-4-10-21(19)22/h2-16H,17H2,1H3,(H,29,30)/b28-16-. The number of carbonyl (C=O) groups excluding carboxylic acids is 1. The van der Waals surface area contributed by atoms with Gasteiger partial charge in [-0.3, -0.25) is 4.79 Å². The Balaban J connectivity index is 1.43. The van der Waals surface area contributed by atoms with Crippen molar-refractivity contribution in [2.75, 3.05) is 7.11 Å². The molecule has 0 saturated carbocycles. The Labute approximate surface area is 191 Å². The lowest BCUT2D eigenvalue weighted by Crippen LogP contribution is -2.17. The second-order valence-corrected chi connectivity index (χ2v) is 7.42. The summed E-state index contributed by atoms with van der Waals surface area (Å²) in [6.45, 7) is 0.324. The van der Waals surface area contributed by atoms with Crippen LogP contribution in [-0.2, 0) is 6.61 Å². The molecule has 0 aliphatic carbocycles. The lowest BCUT2D eigenvalue weighted by Gasteiger charge is -2.12. The van der Waals surface area contributed by atoms with E-state index in [1.165, 1.54) is 0 Å². The molecule has 0 unspecified atom stereocenters. The van der Waals surface area contributed by atoms with Crippen LogP contribution in [0.15, 0.2) is 90.0 Å². The summed E-state index contributed by atoms with van der Waals surface area (Å²) in [5, 5.41) is 6.63. The highest BCUT2D eigenvalue weighted by Crippen LogP contribution is 2.29. The fraction of sp³-hybridized carbons (Fsp3) is 0.0769. The van der Waals surface area contributed by atoms with Crippen LogP contribution in [0.25, 0.3) is 10.8 Å². The van der Waals surface area contributed by atoms with E-state index in [2.05, 4.69) is 10.5 Å². The van der Waals surface area contributed by atoms with Gasteiger partial charge in [-0.05, 0) is 46.7 Å². The van der Waals surface area contributed by atoms with Gasteiger partial charge in [0, 0.05) is 16.1 Å². The number of amides is 1. The molecule has 0 heterocycles. The molecule has 1 N–H and O–H groups in total. The van der Waals surface area contributed by atoms with Gasteiger partial charge in [0.25, 0.3) is 5.91 Å². The predicted octanol–water partition coefficient (Wildman–Crippen LogP) is 5.84. The van der Waals surface area contributed by atoms with Gasteiger partial charge >= 0.3 is 0 Å². The lowest BCUT2D eigenvalue weighted by molar-refractivity contribution is 0.0957. The Morgan fingerprint density at radius 1 is 0.969 bits per heavy atom. The number of methoxy groups -OCH3 is 1. The largest absolute Gasteiger partial charge is 0.493 e. The first-order chi connectivity index (χ1) is 15.7. The first-order valence-electron chi connectivity index (χ1n) is 10.0. The van der Waals surface area contributed by atoms with Crippen molar-refractivity contribution in [3.63, 3.8) is 0 Å². The number of carbonyl (C=O) groups is 1. The van der Waals surface area contributed by atoms with E-state index in [1.54, 1.807) is 31.5 Å². The van der Waals surface area contributed by atoms with E-state index in [1.807, 2.05) is 66.7 Å². The number of fused-ring (bicyclic) bond motifs is 1. The van der Waals surface area contributed by atoms with Gasteiger partial charge < -0.3 is 9.47 Å². The average Bonchev–Trinajstić information content (AvgIpc) is 2.83. The number of hydrogen-bond donors (Lipinski definition) is 1. The zero-order valence-electron chi connectivity index (χ0n) is 17.4. The van der Waals surface area contributed by atoms with E-state index in [-0.39, 0.29) is 5.91 Å². The van der Waals surface area contributed by atoms with Crippen molar-refractivity contribution < 1.29 is 14.3 Å². The van der Waals surface area contributed by atoms with Gasteiger partial charge in [0.05, 0.1) is 13.3 Å². The highest BCUT2D eigenvalue weighted by Gasteiger charge is 2.09. The maximum Gasteiger partial charge on any atom is 0.271 e. The number of halogens is 1. The van der Waals surface area contributed by atoms with Crippen LogP contribution >= 0.6 is 11.6 Å². The summed E-state index contributed by atoms with van der Waals surface area (Å²) in [5.74, 6) is 0.871. The van der Waals surface area contributed by atoms with Gasteiger partial charge in [0.2, 0.25) is 0 Å². The minimum Gasteiger partial charge on any atom is -0.493 e. The number of ether oxygens (including phenoxy) is 2. The van der Waals surface area contributed by atoms with Crippen molar-refractivity contribution in [1.29, 1.82) is 0 Å². The molecule has 0 fully saturated rings. The predicted molar refractivity (Wildman–Crippen MR) is 128 cm³/mol. The summed E-state index contributed by atoms with van der Waals surface area (Å²) in [7, 11) is 1.57. The molecule has 6 heteroatoms. The molecule has 5 nitrogen and oxygen atoms in total. The molecular weight excluding hydrogens is 424 g/mol. The van der Waals surface area contributed by atoms with Crippen LogP contribution in [-0.4, -0.2) is 19.2 Å². The average molecular weight is 445 g/mol. The first kappa shape index (κ1) is 21.4. The fourth-order valence-electron chi connectivity index (χ4n) is 3.30. The maximum absolute atomic E-state index is 12.6. The smallest absolute Gasteiger partial charge is 0.271 e. The van der Waals surface area contributed by atoms with E-state index in [4.69, 9.17) is 21.1 Å². The Bertz CT molecular complexity index is 1280. The summed E-state index contributed by atoms with van der Waals surface area (Å²) in [5.41, 5.74) is 4.80. The summed E-state index contributed by atoms with van der Waals surface area (Å²) in [4.78, 5) is 12.6. The highest BCUT2D eigenvalue weighted by molar-refractivity contribution is 6.31. The molecule has 0 spiro atoms. The molecule has 0 saturated heterocycles. The van der Waals surface area contributed by atoms with E-state index >= 15 is 0 Å². The molecule has 0 atom stereocenters. The van der Waals surface area contributed by atoms with Crippen LogP contribution in [0.3, 0.4) is 0 Å². The topological polar surface area (TPSA) is 59.9 Å². The van der Waals surface area contributed by atoms with Crippen molar-refractivity contribution in [2.45, 2.75) is 6.61 Å². The maximum atomic E-state index is 12.6. The molecular formula is C26H21ClN2O3. The summed E-state index contributed by atoms with van der Waals surface area (Å²) < 4.78 is 11.3. The van der Waals surface area contributed by atoms with E-state index in [0.29, 0.717) is 28.7 Å². The number of hydrogen-bond acceptors (Lipinski definition) is 4. The van der Waals surface area contributed by atoms with E-state index < -0.39 is 0 Å². The molecule has 4 rings (SSSR count). The molecule has 0 aliphatic heterocycles. The van der Waals surface area contributed by atoms with Gasteiger partial charge in [-0.25, -0.2) is 5.43 Å². The molecule has 4 aromatic carbocycles. The summed E-state index contributed by atoms with van der Waals surface area (Å²) >= 11 is 6.19. The van der Waals surface area contributed by atoms with Crippen molar-refractivity contribution in [1.82, 2.24) is 5.43 Å². The van der Waals surface area contributed by atoms with Crippen molar-refractivity contribution in [2.24, 2.45) is 5.10 Å². The number of hydrazone groups is 1. The monoisotopic (exact) mass is 444 g/mol. The van der Waals surface area contributed by atoms with Crippen LogP contribution in [0, 0.1) is 0 Å². The molecule has 0 bridgehead atoms. The minimum atomic E-state index is -0.273. The van der Waals surface area contributed by atoms with Crippen LogP contribution < -0.4 is 14.9 Å². The van der Waals surface area contributed by atoms with Crippen molar-refractivity contribution in [3.05, 3.63) is 107 Å². The van der Waals surface area contributed by atoms with E-state index in [9.17, 15) is 4.79 Å². The summed E-state index contributed by atoms with van der Waals surface area (Å²) in [6.07, 6.45) is 1.56. The zero-order chi connectivity index (χ0) is 22.3. The molecule has 1 amide bonds. The molecule has 160 valence electrons. The summed E-state index contributed by atoms with van der Waals surface area (Å²) in [6, 6.07) is 26.3. The number of benzene rings is 4. The lowest BCUT2D eigenvalue weighted by atomic mass is 10.0. The number of rotatable bonds is 7. The molecule has 32 heavy (non-hydrogen) atoms. The van der Waals surface area contributed by atoms with Crippen LogP contribution in [0.2, 0.25) is 5.02 Å². The quantitative estimate of drug-likeness (QED) is 0.287. The molecule has 0 radical (unpaired) electrons. The third-order valence-electron chi connectivity index (χ3n) is 4.94. The van der Waals surface area contributed by atoms with Gasteiger partial charge in [-0.1, -0.05) is 66.2 Å². The molecule has 0 aliphatic rings. The van der Waals surface area contributed by atoms with Gasteiger partial charge in [0.15, 0.2) is 11.5 Å². The van der Waals surface area contributed by atoms with Crippen LogP contribution in [0.5, 0.6) is 11.5 Å². The Hall–Kier alpha value is -3.83. The molecule has 0 aromatic heterocycles. The Kier molecular flexibility index (Phi) is 6.68. The van der Waals surface area contributed by atoms with Crippen LogP contribution in [0.1, 0.15) is 21.5 Å². The van der Waals surface area contributed by atoms with Crippen molar-refractivity contribution in [3.8, 4) is 11.5 Å². The van der Waals surface area contributed by atoms with Gasteiger partial charge in [0.1, 0.15) is 6.61 Å². The third kappa shape index (κ3) is 4.90. The van der Waals surface area contributed by atoms with E-state index in [0.717, 1.165) is 21.9 Å². The Morgan fingerprint density at radius 3 is 2.59 bits per heavy atom. The van der Waals surface area contributed by atoms with Crippen LogP contribution in [0.4, 0.5) is 0 Å². The SMILES string of the molecule is COc1cc(/C=N\NC(=O)c2cccc3ccccc23)ccc1OCc1ccccc1Cl. The van der Waals surface area contributed by atoms with Gasteiger partial charge in [-0.15, -0.1) is 0 Å². The minimum absolute atomic E-state index is 0.273. The number of nitrogens with one attached hydrogen (secondary N) is 1. The van der Waals surface area contributed by atoms with Gasteiger partial charge in [-0.2, -0.15) is 5.10 Å². The number of nitrogens with zero attached hydrogens (tertiary/aromatic N) is 1. The Morgan fingerprint density at radius 2 is 1.75 bits per heavy atom. The molecule has 4 aromatic rings. The van der Waals surface area contributed by atoms with Crippen molar-refractivity contribution >= 4 is 34.5 Å². The second kappa shape index (κ2) is 9.98.